The third-order valence-electron chi connectivity index (χ3n) is 6.58. The summed E-state index contributed by atoms with van der Waals surface area (Å²) in [5.41, 5.74) is 1.55. The number of hydrogen-bond acceptors (Lipinski definition) is 3. The van der Waals surface area contributed by atoms with Gasteiger partial charge in [0, 0.05) is 35.9 Å². The fraction of sp³-hybridized carbons (Fsp3) is 0.375. The quantitative estimate of drug-likeness (QED) is 0.726. The maximum Gasteiger partial charge on any atom is 0.271 e. The Morgan fingerprint density at radius 3 is 2.77 bits per heavy atom. The standard InChI is InChI=1S/C24H26N4O2/c1-24(23(30)26-19-9-3-4-10-19)16-27-20-11-5-2-8-18(20)13-21(27)22(29)28(24)15-17-7-6-12-25-14-17/h2,5-8,11-14,19H,3-4,9-10,15-16H2,1H3,(H,26,30). The number of nitrogens with zero attached hydrogens (tertiary/aromatic N) is 3. The second kappa shape index (κ2) is 7.27. The van der Waals surface area contributed by atoms with Crippen molar-refractivity contribution in [3.8, 4) is 0 Å². The van der Waals surface area contributed by atoms with Crippen LogP contribution in [0.4, 0.5) is 0 Å². The van der Waals surface area contributed by atoms with Gasteiger partial charge in [-0.1, -0.05) is 37.1 Å². The molecule has 0 saturated heterocycles. The number of carbonyl (C=O) groups excluding carboxylic acids is 2. The molecule has 6 heteroatoms. The Bertz CT molecular complexity index is 1100. The van der Waals surface area contributed by atoms with Crippen LogP contribution in [0.5, 0.6) is 0 Å². The van der Waals surface area contributed by atoms with Crippen molar-refractivity contribution in [3.05, 3.63) is 66.1 Å². The van der Waals surface area contributed by atoms with Gasteiger partial charge in [0.05, 0.1) is 6.54 Å². The van der Waals surface area contributed by atoms with Crippen LogP contribution in [0.2, 0.25) is 0 Å². The predicted molar refractivity (Wildman–Crippen MR) is 115 cm³/mol. The molecule has 0 radical (unpaired) electrons. The fourth-order valence-corrected chi connectivity index (χ4v) is 4.84. The van der Waals surface area contributed by atoms with Gasteiger partial charge in [0.2, 0.25) is 5.91 Å². The van der Waals surface area contributed by atoms with E-state index in [9.17, 15) is 9.59 Å². The lowest BCUT2D eigenvalue weighted by Crippen LogP contribution is -2.64. The second-order valence-electron chi connectivity index (χ2n) is 8.66. The number of para-hydroxylation sites is 1. The molecule has 2 aromatic heterocycles. The number of nitrogens with one attached hydrogen (secondary N) is 1. The summed E-state index contributed by atoms with van der Waals surface area (Å²) in [6, 6.07) is 13.9. The smallest absolute Gasteiger partial charge is 0.271 e. The van der Waals surface area contributed by atoms with E-state index in [1.807, 2.05) is 54.0 Å². The van der Waals surface area contributed by atoms with Crippen molar-refractivity contribution in [1.82, 2.24) is 19.8 Å². The van der Waals surface area contributed by atoms with Gasteiger partial charge in [-0.25, -0.2) is 0 Å². The number of aromatic nitrogens is 2. The summed E-state index contributed by atoms with van der Waals surface area (Å²) in [6.07, 6.45) is 7.78. The summed E-state index contributed by atoms with van der Waals surface area (Å²) in [6.45, 7) is 2.67. The largest absolute Gasteiger partial charge is 0.351 e. The first-order chi connectivity index (χ1) is 14.6. The number of hydrogen-bond donors (Lipinski definition) is 1. The molecule has 30 heavy (non-hydrogen) atoms. The molecule has 154 valence electrons. The topological polar surface area (TPSA) is 67.2 Å². The van der Waals surface area contributed by atoms with Gasteiger partial charge in [-0.15, -0.1) is 0 Å². The van der Waals surface area contributed by atoms with E-state index in [4.69, 9.17) is 0 Å². The average molecular weight is 402 g/mol. The van der Waals surface area contributed by atoms with Crippen LogP contribution in [0.15, 0.2) is 54.9 Å². The van der Waals surface area contributed by atoms with E-state index in [0.717, 1.165) is 42.1 Å². The van der Waals surface area contributed by atoms with Gasteiger partial charge in [0.25, 0.3) is 5.91 Å². The van der Waals surface area contributed by atoms with Crippen LogP contribution in [0.25, 0.3) is 10.9 Å². The molecule has 1 aromatic carbocycles. The number of rotatable bonds is 4. The van der Waals surface area contributed by atoms with Crippen LogP contribution in [-0.4, -0.2) is 37.8 Å². The lowest BCUT2D eigenvalue weighted by atomic mass is 9.93. The van der Waals surface area contributed by atoms with Gasteiger partial charge in [0.1, 0.15) is 11.2 Å². The Hall–Kier alpha value is -3.15. The fourth-order valence-electron chi connectivity index (χ4n) is 4.84. The van der Waals surface area contributed by atoms with E-state index in [1.54, 1.807) is 17.3 Å². The lowest BCUT2D eigenvalue weighted by molar-refractivity contribution is -0.133. The summed E-state index contributed by atoms with van der Waals surface area (Å²) < 4.78 is 2.01. The normalized spacial score (nSPS) is 21.8. The Morgan fingerprint density at radius 1 is 1.20 bits per heavy atom. The highest BCUT2D eigenvalue weighted by molar-refractivity contribution is 6.03. The molecule has 0 spiro atoms. The maximum atomic E-state index is 13.7. The Kier molecular flexibility index (Phi) is 4.57. The van der Waals surface area contributed by atoms with E-state index in [1.165, 1.54) is 0 Å². The molecule has 1 saturated carbocycles. The van der Waals surface area contributed by atoms with Crippen molar-refractivity contribution in [1.29, 1.82) is 0 Å². The summed E-state index contributed by atoms with van der Waals surface area (Å²) in [5, 5.41) is 4.25. The van der Waals surface area contributed by atoms with Crippen LogP contribution in [0, 0.1) is 0 Å². The van der Waals surface area contributed by atoms with Gasteiger partial charge in [-0.2, -0.15) is 0 Å². The van der Waals surface area contributed by atoms with E-state index in [-0.39, 0.29) is 17.9 Å². The van der Waals surface area contributed by atoms with Crippen LogP contribution in [0.1, 0.15) is 48.7 Å². The molecule has 0 bridgehead atoms. The molecular formula is C24H26N4O2. The lowest BCUT2D eigenvalue weighted by Gasteiger charge is -2.44. The molecule has 1 aliphatic carbocycles. The van der Waals surface area contributed by atoms with Crippen LogP contribution in [0.3, 0.4) is 0 Å². The highest BCUT2D eigenvalue weighted by Gasteiger charge is 2.48. The van der Waals surface area contributed by atoms with Crippen molar-refractivity contribution in [2.24, 2.45) is 0 Å². The third kappa shape index (κ3) is 3.07. The molecule has 3 aromatic rings. The van der Waals surface area contributed by atoms with E-state index in [0.29, 0.717) is 18.8 Å². The second-order valence-corrected chi connectivity index (χ2v) is 8.66. The summed E-state index contributed by atoms with van der Waals surface area (Å²) in [7, 11) is 0. The zero-order valence-electron chi connectivity index (χ0n) is 17.2. The average Bonchev–Trinajstić information content (AvgIpc) is 3.40. The van der Waals surface area contributed by atoms with Gasteiger partial charge in [-0.05, 0) is 43.5 Å². The van der Waals surface area contributed by atoms with Crippen molar-refractivity contribution in [2.75, 3.05) is 0 Å². The van der Waals surface area contributed by atoms with Crippen molar-refractivity contribution < 1.29 is 9.59 Å². The van der Waals surface area contributed by atoms with Crippen molar-refractivity contribution >= 4 is 22.7 Å². The molecule has 1 atom stereocenters. The third-order valence-corrected chi connectivity index (χ3v) is 6.58. The van der Waals surface area contributed by atoms with E-state index >= 15 is 0 Å². The van der Waals surface area contributed by atoms with Gasteiger partial charge < -0.3 is 14.8 Å². The minimum atomic E-state index is -0.982. The number of carbonyl (C=O) groups is 2. The molecule has 1 N–H and O–H groups in total. The van der Waals surface area contributed by atoms with Crippen LogP contribution in [-0.2, 0) is 17.9 Å². The number of fused-ring (bicyclic) bond motifs is 3. The zero-order chi connectivity index (χ0) is 20.7. The van der Waals surface area contributed by atoms with E-state index in [2.05, 4.69) is 10.3 Å². The van der Waals surface area contributed by atoms with Crippen molar-refractivity contribution in [2.45, 2.75) is 57.3 Å². The predicted octanol–water partition coefficient (Wildman–Crippen LogP) is 3.51. The molecule has 5 rings (SSSR count). The highest BCUT2D eigenvalue weighted by atomic mass is 16.2. The van der Waals surface area contributed by atoms with Crippen LogP contribution < -0.4 is 5.32 Å². The Morgan fingerprint density at radius 2 is 2.00 bits per heavy atom. The Balaban J connectivity index is 1.57. The minimum absolute atomic E-state index is 0.0740. The monoisotopic (exact) mass is 402 g/mol. The van der Waals surface area contributed by atoms with Crippen LogP contribution >= 0.6 is 0 Å². The molecular weight excluding hydrogens is 376 g/mol. The molecule has 2 aliphatic rings. The molecule has 6 nitrogen and oxygen atoms in total. The maximum absolute atomic E-state index is 13.7. The van der Waals surface area contributed by atoms with Gasteiger partial charge in [-0.3, -0.25) is 14.6 Å². The number of amides is 2. The van der Waals surface area contributed by atoms with Gasteiger partial charge in [0.15, 0.2) is 0 Å². The summed E-state index contributed by atoms with van der Waals surface area (Å²) in [5.74, 6) is -0.194. The Labute approximate surface area is 175 Å². The zero-order valence-corrected chi connectivity index (χ0v) is 17.2. The first kappa shape index (κ1) is 18.9. The van der Waals surface area contributed by atoms with Crippen molar-refractivity contribution in [3.63, 3.8) is 0 Å². The minimum Gasteiger partial charge on any atom is -0.351 e. The SMILES string of the molecule is CC1(C(=O)NC2CCCC2)Cn2c(cc3ccccc32)C(=O)N1Cc1cccnc1. The molecule has 2 amide bonds. The molecule has 1 aliphatic heterocycles. The summed E-state index contributed by atoms with van der Waals surface area (Å²) in [4.78, 5) is 33.1. The van der Waals surface area contributed by atoms with Gasteiger partial charge >= 0.3 is 0 Å². The highest BCUT2D eigenvalue weighted by Crippen LogP contribution is 2.34. The summed E-state index contributed by atoms with van der Waals surface area (Å²) >= 11 is 0. The number of pyridine rings is 1. The molecule has 3 heterocycles. The molecule has 1 unspecified atom stereocenters. The molecule has 1 fully saturated rings. The first-order valence-electron chi connectivity index (χ1n) is 10.7. The first-order valence-corrected chi connectivity index (χ1v) is 10.7. The van der Waals surface area contributed by atoms with E-state index < -0.39 is 5.54 Å². The number of benzene rings is 1.